The number of primary amides is 1. The number of likely N-dealkylation sites (tertiary alicyclic amines) is 1. The smallest absolute Gasteiger partial charge is 0.234 e. The summed E-state index contributed by atoms with van der Waals surface area (Å²) >= 11 is 0. The summed E-state index contributed by atoms with van der Waals surface area (Å²) in [6, 6.07) is 13.9. The Kier molecular flexibility index (Phi) is 5.11. The zero-order valence-electron chi connectivity index (χ0n) is 13.5. The lowest BCUT2D eigenvalue weighted by atomic mass is 10.1. The van der Waals surface area contributed by atoms with Crippen LogP contribution in [-0.2, 0) is 17.9 Å². The van der Waals surface area contributed by atoms with Crippen LogP contribution in [0.4, 0.5) is 4.39 Å². The molecule has 0 saturated carbocycles. The number of carbonyl (C=O) groups excluding carboxylic acids is 1. The van der Waals surface area contributed by atoms with Crippen molar-refractivity contribution in [3.63, 3.8) is 0 Å². The van der Waals surface area contributed by atoms with Crippen LogP contribution in [0.5, 0.6) is 5.75 Å². The number of para-hydroxylation sites is 1. The summed E-state index contributed by atoms with van der Waals surface area (Å²) in [5.41, 5.74) is 7.26. The summed E-state index contributed by atoms with van der Waals surface area (Å²) < 4.78 is 19.1. The van der Waals surface area contributed by atoms with Gasteiger partial charge >= 0.3 is 0 Å². The molecule has 1 fully saturated rings. The summed E-state index contributed by atoms with van der Waals surface area (Å²) in [5, 5.41) is 0. The molecule has 0 spiro atoms. The largest absolute Gasteiger partial charge is 0.489 e. The predicted molar refractivity (Wildman–Crippen MR) is 89.8 cm³/mol. The van der Waals surface area contributed by atoms with E-state index in [1.54, 1.807) is 6.07 Å². The minimum Gasteiger partial charge on any atom is -0.489 e. The lowest BCUT2D eigenvalue weighted by molar-refractivity contribution is -0.122. The molecule has 5 heteroatoms. The van der Waals surface area contributed by atoms with Crippen LogP contribution in [0.2, 0.25) is 0 Å². The van der Waals surface area contributed by atoms with Gasteiger partial charge in [0.2, 0.25) is 5.91 Å². The molecule has 24 heavy (non-hydrogen) atoms. The molecule has 0 aromatic heterocycles. The van der Waals surface area contributed by atoms with Crippen molar-refractivity contribution < 1.29 is 13.9 Å². The Balaban J connectivity index is 1.70. The molecule has 1 aliphatic rings. The molecule has 2 aromatic carbocycles. The first-order valence-electron chi connectivity index (χ1n) is 8.12. The Bertz CT molecular complexity index is 720. The van der Waals surface area contributed by atoms with Crippen molar-refractivity contribution in [3.8, 4) is 5.75 Å². The van der Waals surface area contributed by atoms with Crippen LogP contribution in [-0.4, -0.2) is 23.4 Å². The van der Waals surface area contributed by atoms with E-state index in [4.69, 9.17) is 10.5 Å². The van der Waals surface area contributed by atoms with E-state index >= 15 is 0 Å². The number of ether oxygens (including phenoxy) is 1. The van der Waals surface area contributed by atoms with Gasteiger partial charge in [-0.1, -0.05) is 30.3 Å². The Morgan fingerprint density at radius 1 is 1.25 bits per heavy atom. The van der Waals surface area contributed by atoms with Crippen molar-refractivity contribution >= 4 is 5.91 Å². The molecule has 1 atom stereocenters. The van der Waals surface area contributed by atoms with Gasteiger partial charge in [0.25, 0.3) is 0 Å². The third kappa shape index (κ3) is 3.92. The van der Waals surface area contributed by atoms with Crippen molar-refractivity contribution in [2.24, 2.45) is 5.73 Å². The van der Waals surface area contributed by atoms with Crippen molar-refractivity contribution in [1.82, 2.24) is 4.90 Å². The van der Waals surface area contributed by atoms with Gasteiger partial charge in [0.05, 0.1) is 6.04 Å². The Hall–Kier alpha value is -2.40. The number of hydrogen-bond acceptors (Lipinski definition) is 3. The van der Waals surface area contributed by atoms with E-state index in [9.17, 15) is 9.18 Å². The highest BCUT2D eigenvalue weighted by Crippen LogP contribution is 2.25. The van der Waals surface area contributed by atoms with Gasteiger partial charge in [-0.15, -0.1) is 0 Å². The molecule has 2 N–H and O–H groups in total. The molecule has 1 heterocycles. The number of nitrogens with zero attached hydrogens (tertiary/aromatic N) is 1. The summed E-state index contributed by atoms with van der Waals surface area (Å²) in [7, 11) is 0. The molecule has 0 bridgehead atoms. The fourth-order valence-electron chi connectivity index (χ4n) is 3.12. The highest BCUT2D eigenvalue weighted by atomic mass is 19.1. The first kappa shape index (κ1) is 16.5. The fraction of sp³-hybridized carbons (Fsp3) is 0.316. The molecule has 126 valence electrons. The number of hydrogen-bond donors (Lipinski definition) is 1. The Morgan fingerprint density at radius 3 is 2.88 bits per heavy atom. The number of carbonyl (C=O) groups is 1. The molecular formula is C19H21FN2O2. The summed E-state index contributed by atoms with van der Waals surface area (Å²) in [6.07, 6.45) is 1.78. The molecule has 1 amide bonds. The van der Waals surface area contributed by atoms with Crippen LogP contribution in [0.15, 0.2) is 48.5 Å². The van der Waals surface area contributed by atoms with Gasteiger partial charge in [-0.05, 0) is 43.1 Å². The number of benzene rings is 2. The summed E-state index contributed by atoms with van der Waals surface area (Å²) in [6.45, 7) is 1.77. The molecule has 3 rings (SSSR count). The predicted octanol–water partition coefficient (Wildman–Crippen LogP) is 2.85. The minimum absolute atomic E-state index is 0.207. The normalized spacial score (nSPS) is 17.8. The number of amides is 1. The molecule has 4 nitrogen and oxygen atoms in total. The Morgan fingerprint density at radius 2 is 2.08 bits per heavy atom. The summed E-state index contributed by atoms with van der Waals surface area (Å²) in [5.74, 6) is 0.202. The van der Waals surface area contributed by atoms with E-state index in [0.717, 1.165) is 36.3 Å². The van der Waals surface area contributed by atoms with E-state index in [-0.39, 0.29) is 17.8 Å². The Labute approximate surface area is 141 Å². The second-order valence-corrected chi connectivity index (χ2v) is 6.06. The van der Waals surface area contributed by atoms with Crippen molar-refractivity contribution in [2.45, 2.75) is 32.0 Å². The van der Waals surface area contributed by atoms with Gasteiger partial charge in [0.15, 0.2) is 0 Å². The van der Waals surface area contributed by atoms with Crippen LogP contribution < -0.4 is 10.5 Å². The first-order valence-corrected chi connectivity index (χ1v) is 8.12. The molecule has 0 unspecified atom stereocenters. The average Bonchev–Trinajstić information content (AvgIpc) is 3.03. The molecule has 0 aliphatic carbocycles. The molecule has 2 aromatic rings. The van der Waals surface area contributed by atoms with Crippen LogP contribution >= 0.6 is 0 Å². The maximum atomic E-state index is 13.3. The van der Waals surface area contributed by atoms with Crippen molar-refractivity contribution in [3.05, 3.63) is 65.5 Å². The monoisotopic (exact) mass is 328 g/mol. The molecule has 1 aliphatic heterocycles. The van der Waals surface area contributed by atoms with E-state index in [1.165, 1.54) is 12.1 Å². The van der Waals surface area contributed by atoms with Crippen LogP contribution in [0, 0.1) is 5.82 Å². The number of rotatable bonds is 6. The fourth-order valence-corrected chi connectivity index (χ4v) is 3.12. The maximum Gasteiger partial charge on any atom is 0.234 e. The quantitative estimate of drug-likeness (QED) is 0.887. The van der Waals surface area contributed by atoms with E-state index in [0.29, 0.717) is 13.2 Å². The zero-order valence-corrected chi connectivity index (χ0v) is 13.5. The van der Waals surface area contributed by atoms with Gasteiger partial charge < -0.3 is 10.5 Å². The minimum atomic E-state index is -0.273. The second-order valence-electron chi connectivity index (χ2n) is 6.06. The number of nitrogens with two attached hydrogens (primary N) is 1. The number of halogens is 1. The average molecular weight is 328 g/mol. The second kappa shape index (κ2) is 7.45. The highest BCUT2D eigenvalue weighted by Gasteiger charge is 2.29. The van der Waals surface area contributed by atoms with E-state index in [1.807, 2.05) is 30.3 Å². The van der Waals surface area contributed by atoms with Gasteiger partial charge in [0.1, 0.15) is 18.2 Å². The topological polar surface area (TPSA) is 55.6 Å². The highest BCUT2D eigenvalue weighted by molar-refractivity contribution is 5.80. The van der Waals surface area contributed by atoms with Crippen molar-refractivity contribution in [2.75, 3.05) is 6.54 Å². The first-order chi connectivity index (χ1) is 11.6. The third-order valence-electron chi connectivity index (χ3n) is 4.32. The van der Waals surface area contributed by atoms with Crippen LogP contribution in [0.3, 0.4) is 0 Å². The lowest BCUT2D eigenvalue weighted by Gasteiger charge is -2.23. The zero-order chi connectivity index (χ0) is 16.9. The molecule has 1 saturated heterocycles. The van der Waals surface area contributed by atoms with Gasteiger partial charge in [-0.2, -0.15) is 0 Å². The summed E-state index contributed by atoms with van der Waals surface area (Å²) in [4.78, 5) is 13.6. The maximum absolute atomic E-state index is 13.3. The van der Waals surface area contributed by atoms with Gasteiger partial charge in [-0.25, -0.2) is 4.39 Å². The van der Waals surface area contributed by atoms with Gasteiger partial charge in [0, 0.05) is 12.1 Å². The van der Waals surface area contributed by atoms with Crippen LogP contribution in [0.25, 0.3) is 0 Å². The van der Waals surface area contributed by atoms with E-state index < -0.39 is 0 Å². The van der Waals surface area contributed by atoms with Gasteiger partial charge in [-0.3, -0.25) is 9.69 Å². The lowest BCUT2D eigenvalue weighted by Crippen LogP contribution is -2.39. The van der Waals surface area contributed by atoms with E-state index in [2.05, 4.69) is 4.90 Å². The van der Waals surface area contributed by atoms with Crippen molar-refractivity contribution in [1.29, 1.82) is 0 Å². The standard InChI is InChI=1S/C19H21FN2O2/c20-16-7-3-5-14(11-16)13-24-18-9-2-1-6-15(18)12-22-10-4-8-17(22)19(21)23/h1-3,5-7,9,11,17H,4,8,10,12-13H2,(H2,21,23)/t17-/m0/s1. The SMILES string of the molecule is NC(=O)[C@@H]1CCCN1Cc1ccccc1OCc1cccc(F)c1. The van der Waals surface area contributed by atoms with Crippen LogP contribution in [0.1, 0.15) is 24.0 Å². The molecular weight excluding hydrogens is 307 g/mol. The molecule has 0 radical (unpaired) electrons. The third-order valence-corrected chi connectivity index (χ3v) is 4.32.